The molecule has 2 rings (SSSR count). The van der Waals surface area contributed by atoms with Crippen LogP contribution in [0.4, 0.5) is 4.39 Å². The summed E-state index contributed by atoms with van der Waals surface area (Å²) >= 11 is 0. The van der Waals surface area contributed by atoms with Crippen molar-refractivity contribution in [1.82, 2.24) is 4.68 Å². The van der Waals surface area contributed by atoms with Gasteiger partial charge in [-0.05, 0) is 43.7 Å². The molecule has 0 atom stereocenters. The zero-order valence-corrected chi connectivity index (χ0v) is 10.8. The zero-order valence-electron chi connectivity index (χ0n) is 10.8. The number of rotatable bonds is 4. The summed E-state index contributed by atoms with van der Waals surface area (Å²) in [6.07, 6.45) is 0. The standard InChI is InChI=1S/C14H15FN2O2/c1-9-3-4-10(2)17(9)16-8-11-5-6-12(14(18)19)13(15)7-11/h3-7,16H,8H2,1-2H3,(H,18,19). The smallest absolute Gasteiger partial charge is 0.338 e. The Kier molecular flexibility index (Phi) is 3.55. The molecule has 1 aromatic carbocycles. The zero-order chi connectivity index (χ0) is 14.0. The van der Waals surface area contributed by atoms with Crippen LogP contribution in [-0.2, 0) is 6.54 Å². The number of halogens is 1. The second-order valence-corrected chi connectivity index (χ2v) is 4.41. The number of carbonyl (C=O) groups is 1. The first-order valence-electron chi connectivity index (χ1n) is 5.89. The van der Waals surface area contributed by atoms with Crippen LogP contribution in [0.2, 0.25) is 0 Å². The lowest BCUT2D eigenvalue weighted by molar-refractivity contribution is 0.0692. The fraction of sp³-hybridized carbons (Fsp3) is 0.214. The molecule has 5 heteroatoms. The Bertz CT molecular complexity index is 600. The van der Waals surface area contributed by atoms with Crippen molar-refractivity contribution >= 4 is 5.97 Å². The predicted molar refractivity (Wildman–Crippen MR) is 70.3 cm³/mol. The number of hydrogen-bond acceptors (Lipinski definition) is 2. The largest absolute Gasteiger partial charge is 0.478 e. The van der Waals surface area contributed by atoms with Crippen LogP contribution in [0, 0.1) is 19.7 Å². The maximum absolute atomic E-state index is 13.5. The molecule has 0 aliphatic heterocycles. The molecule has 2 aromatic rings. The Hall–Kier alpha value is -2.30. The van der Waals surface area contributed by atoms with Gasteiger partial charge in [-0.15, -0.1) is 0 Å². The minimum atomic E-state index is -1.26. The van der Waals surface area contributed by atoms with Crippen LogP contribution < -0.4 is 5.43 Å². The van der Waals surface area contributed by atoms with Crippen molar-refractivity contribution in [3.63, 3.8) is 0 Å². The highest BCUT2D eigenvalue weighted by atomic mass is 19.1. The molecule has 0 aliphatic carbocycles. The van der Waals surface area contributed by atoms with Gasteiger partial charge in [0.2, 0.25) is 0 Å². The number of benzene rings is 1. The van der Waals surface area contributed by atoms with E-state index in [1.165, 1.54) is 12.1 Å². The van der Waals surface area contributed by atoms with E-state index in [-0.39, 0.29) is 5.56 Å². The molecule has 0 bridgehead atoms. The lowest BCUT2D eigenvalue weighted by Gasteiger charge is -2.13. The van der Waals surface area contributed by atoms with Crippen LogP contribution in [0.5, 0.6) is 0 Å². The van der Waals surface area contributed by atoms with Gasteiger partial charge in [0.25, 0.3) is 0 Å². The molecule has 0 saturated heterocycles. The quantitative estimate of drug-likeness (QED) is 0.890. The number of aromatic nitrogens is 1. The van der Waals surface area contributed by atoms with Gasteiger partial charge in [0.05, 0.1) is 12.1 Å². The van der Waals surface area contributed by atoms with Gasteiger partial charge in [-0.1, -0.05) is 6.07 Å². The molecular weight excluding hydrogens is 247 g/mol. The number of nitrogens with zero attached hydrogens (tertiary/aromatic N) is 1. The van der Waals surface area contributed by atoms with Crippen molar-refractivity contribution < 1.29 is 14.3 Å². The Morgan fingerprint density at radius 3 is 2.42 bits per heavy atom. The second-order valence-electron chi connectivity index (χ2n) is 4.41. The first-order valence-corrected chi connectivity index (χ1v) is 5.89. The molecule has 0 fully saturated rings. The molecule has 0 amide bonds. The third-order valence-corrected chi connectivity index (χ3v) is 2.98. The van der Waals surface area contributed by atoms with Crippen LogP contribution in [0.25, 0.3) is 0 Å². The van der Waals surface area contributed by atoms with E-state index in [0.717, 1.165) is 11.4 Å². The number of carboxylic acids is 1. The van der Waals surface area contributed by atoms with E-state index in [0.29, 0.717) is 12.1 Å². The summed E-state index contributed by atoms with van der Waals surface area (Å²) < 4.78 is 15.4. The molecule has 1 aromatic heterocycles. The summed E-state index contributed by atoms with van der Waals surface area (Å²) in [6, 6.07) is 8.09. The number of nitrogens with one attached hydrogen (secondary N) is 1. The van der Waals surface area contributed by atoms with Crippen LogP contribution in [0.3, 0.4) is 0 Å². The number of carboxylic acid groups (broad SMARTS) is 1. The summed E-state index contributed by atoms with van der Waals surface area (Å²) in [5.41, 5.74) is 5.65. The second kappa shape index (κ2) is 5.14. The summed E-state index contributed by atoms with van der Waals surface area (Å²) in [6.45, 7) is 4.36. The molecule has 19 heavy (non-hydrogen) atoms. The number of aryl methyl sites for hydroxylation is 2. The highest BCUT2D eigenvalue weighted by molar-refractivity contribution is 5.87. The van der Waals surface area contributed by atoms with Crippen molar-refractivity contribution in [1.29, 1.82) is 0 Å². The topological polar surface area (TPSA) is 54.3 Å². The average Bonchev–Trinajstić information content (AvgIpc) is 2.66. The fourth-order valence-corrected chi connectivity index (χ4v) is 1.93. The van der Waals surface area contributed by atoms with Gasteiger partial charge in [-0.2, -0.15) is 0 Å². The predicted octanol–water partition coefficient (Wildman–Crippen LogP) is 2.69. The van der Waals surface area contributed by atoms with Crippen LogP contribution in [0.1, 0.15) is 27.3 Å². The van der Waals surface area contributed by atoms with Crippen molar-refractivity contribution in [2.45, 2.75) is 20.4 Å². The number of aromatic carboxylic acids is 1. The Labute approximate surface area is 110 Å². The SMILES string of the molecule is Cc1ccc(C)n1NCc1ccc(C(=O)O)c(F)c1. The van der Waals surface area contributed by atoms with Gasteiger partial charge in [-0.3, -0.25) is 4.68 Å². The van der Waals surface area contributed by atoms with E-state index in [9.17, 15) is 9.18 Å². The summed E-state index contributed by atoms with van der Waals surface area (Å²) in [4.78, 5) is 10.7. The summed E-state index contributed by atoms with van der Waals surface area (Å²) in [7, 11) is 0. The third-order valence-electron chi connectivity index (χ3n) is 2.98. The minimum absolute atomic E-state index is 0.308. The lowest BCUT2D eigenvalue weighted by Crippen LogP contribution is -2.17. The summed E-state index contributed by atoms with van der Waals surface area (Å²) in [5.74, 6) is -1.97. The van der Waals surface area contributed by atoms with Crippen LogP contribution >= 0.6 is 0 Å². The van der Waals surface area contributed by atoms with Gasteiger partial charge in [0, 0.05) is 11.4 Å². The molecule has 100 valence electrons. The third kappa shape index (κ3) is 2.76. The lowest BCUT2D eigenvalue weighted by atomic mass is 10.1. The monoisotopic (exact) mass is 262 g/mol. The fourth-order valence-electron chi connectivity index (χ4n) is 1.93. The van der Waals surface area contributed by atoms with Gasteiger partial charge < -0.3 is 10.5 Å². The van der Waals surface area contributed by atoms with Gasteiger partial charge in [-0.25, -0.2) is 9.18 Å². The summed E-state index contributed by atoms with van der Waals surface area (Å²) in [5, 5.41) is 8.75. The van der Waals surface area contributed by atoms with Crippen LogP contribution in [0.15, 0.2) is 30.3 Å². The van der Waals surface area contributed by atoms with E-state index in [1.54, 1.807) is 6.07 Å². The first kappa shape index (κ1) is 13.1. The van der Waals surface area contributed by atoms with Crippen molar-refractivity contribution in [3.05, 3.63) is 58.7 Å². The van der Waals surface area contributed by atoms with E-state index in [2.05, 4.69) is 5.43 Å². The molecule has 4 nitrogen and oxygen atoms in total. The Morgan fingerprint density at radius 2 is 1.89 bits per heavy atom. The highest BCUT2D eigenvalue weighted by Gasteiger charge is 2.10. The van der Waals surface area contributed by atoms with Gasteiger partial charge in [0.15, 0.2) is 0 Å². The molecule has 0 aliphatic rings. The van der Waals surface area contributed by atoms with Gasteiger partial charge in [0.1, 0.15) is 5.82 Å². The minimum Gasteiger partial charge on any atom is -0.478 e. The average molecular weight is 262 g/mol. The molecule has 0 spiro atoms. The molecular formula is C14H15FN2O2. The van der Waals surface area contributed by atoms with E-state index < -0.39 is 11.8 Å². The molecule has 0 radical (unpaired) electrons. The van der Waals surface area contributed by atoms with E-state index in [4.69, 9.17) is 5.11 Å². The Balaban J connectivity index is 2.13. The molecule has 2 N–H and O–H groups in total. The van der Waals surface area contributed by atoms with Crippen molar-refractivity contribution in [2.75, 3.05) is 5.43 Å². The van der Waals surface area contributed by atoms with E-state index >= 15 is 0 Å². The molecule has 0 unspecified atom stereocenters. The normalized spacial score (nSPS) is 10.5. The number of hydrogen-bond donors (Lipinski definition) is 2. The van der Waals surface area contributed by atoms with Crippen molar-refractivity contribution in [3.8, 4) is 0 Å². The molecule has 0 saturated carbocycles. The van der Waals surface area contributed by atoms with Crippen LogP contribution in [-0.4, -0.2) is 15.8 Å². The first-order chi connectivity index (χ1) is 8.99. The molecule has 1 heterocycles. The van der Waals surface area contributed by atoms with Gasteiger partial charge >= 0.3 is 5.97 Å². The maximum Gasteiger partial charge on any atom is 0.338 e. The maximum atomic E-state index is 13.5. The van der Waals surface area contributed by atoms with Crippen molar-refractivity contribution in [2.24, 2.45) is 0 Å². The van der Waals surface area contributed by atoms with E-state index in [1.807, 2.05) is 30.7 Å². The Morgan fingerprint density at radius 1 is 1.26 bits per heavy atom. The highest BCUT2D eigenvalue weighted by Crippen LogP contribution is 2.11.